The molecule has 32 heavy (non-hydrogen) atoms. The number of benzene rings is 2. The van der Waals surface area contributed by atoms with E-state index in [4.69, 9.17) is 0 Å². The number of amides is 1. The molecule has 0 saturated carbocycles. The van der Waals surface area contributed by atoms with Gasteiger partial charge in [-0.1, -0.05) is 6.07 Å². The Balaban J connectivity index is 2.03. The molecule has 0 saturated heterocycles. The highest BCUT2D eigenvalue weighted by atomic mass is 19.2. The summed E-state index contributed by atoms with van der Waals surface area (Å²) >= 11 is 0. The molecule has 13 heteroatoms. The van der Waals surface area contributed by atoms with Gasteiger partial charge in [0.05, 0.1) is 12.6 Å². The fourth-order valence-corrected chi connectivity index (χ4v) is 3.05. The third-order valence-corrected chi connectivity index (χ3v) is 4.77. The summed E-state index contributed by atoms with van der Waals surface area (Å²) in [6, 6.07) is 0.501. The standard InChI is InChI=1S/C19H13F7N4O2/c1-8(29-18(31)12-13(22)15(24)17(26)16(25)14(12)23)19(32,5-30-7-27-6-28-30)10-3-2-9(20)4-11(10)21/h2-4,6-8,32H,5H2,1H3,(H,29,31)/t8-,19-/m1/s1. The number of halogens is 7. The number of nitrogens with one attached hydrogen (secondary N) is 1. The van der Waals surface area contributed by atoms with Crippen molar-refractivity contribution in [3.05, 3.63) is 82.7 Å². The second-order valence-corrected chi connectivity index (χ2v) is 6.78. The molecule has 0 aliphatic heterocycles. The van der Waals surface area contributed by atoms with E-state index in [-0.39, 0.29) is 0 Å². The highest BCUT2D eigenvalue weighted by Gasteiger charge is 2.41. The summed E-state index contributed by atoms with van der Waals surface area (Å²) in [7, 11) is 0. The molecule has 0 aliphatic rings. The third-order valence-electron chi connectivity index (χ3n) is 4.77. The van der Waals surface area contributed by atoms with Gasteiger partial charge in [-0.15, -0.1) is 0 Å². The lowest BCUT2D eigenvalue weighted by Gasteiger charge is -2.35. The smallest absolute Gasteiger partial charge is 0.257 e. The Hall–Kier alpha value is -3.48. The lowest BCUT2D eigenvalue weighted by Crippen LogP contribution is -2.52. The van der Waals surface area contributed by atoms with Crippen molar-refractivity contribution in [1.29, 1.82) is 0 Å². The fourth-order valence-electron chi connectivity index (χ4n) is 3.05. The SMILES string of the molecule is C[C@@H](NC(=O)c1c(F)c(F)c(F)c(F)c1F)[C@](O)(Cn1cncn1)c1ccc(F)cc1F. The predicted molar refractivity (Wildman–Crippen MR) is 93.4 cm³/mol. The topological polar surface area (TPSA) is 80.0 Å². The van der Waals surface area contributed by atoms with Gasteiger partial charge < -0.3 is 10.4 Å². The molecule has 1 amide bonds. The second-order valence-electron chi connectivity index (χ2n) is 6.78. The number of aromatic nitrogens is 3. The van der Waals surface area contributed by atoms with Crippen LogP contribution in [0.1, 0.15) is 22.8 Å². The average Bonchev–Trinajstić information content (AvgIpc) is 3.23. The van der Waals surface area contributed by atoms with Crippen molar-refractivity contribution in [3.63, 3.8) is 0 Å². The molecule has 170 valence electrons. The summed E-state index contributed by atoms with van der Waals surface area (Å²) in [5, 5.41) is 16.8. The van der Waals surface area contributed by atoms with Crippen LogP contribution in [0, 0.1) is 40.7 Å². The van der Waals surface area contributed by atoms with E-state index >= 15 is 0 Å². The van der Waals surface area contributed by atoms with Crippen LogP contribution in [0.2, 0.25) is 0 Å². The van der Waals surface area contributed by atoms with Crippen molar-refractivity contribution in [2.24, 2.45) is 0 Å². The second kappa shape index (κ2) is 8.57. The van der Waals surface area contributed by atoms with Gasteiger partial charge in [0.2, 0.25) is 5.82 Å². The highest BCUT2D eigenvalue weighted by molar-refractivity contribution is 5.95. The van der Waals surface area contributed by atoms with Gasteiger partial charge in [0.1, 0.15) is 35.5 Å². The van der Waals surface area contributed by atoms with Gasteiger partial charge >= 0.3 is 0 Å². The largest absolute Gasteiger partial charge is 0.381 e. The van der Waals surface area contributed by atoms with Gasteiger partial charge in [-0.2, -0.15) is 5.10 Å². The minimum atomic E-state index is -2.46. The molecular formula is C19H13F7N4O2. The van der Waals surface area contributed by atoms with E-state index in [1.165, 1.54) is 0 Å². The van der Waals surface area contributed by atoms with Gasteiger partial charge in [-0.05, 0) is 13.0 Å². The summed E-state index contributed by atoms with van der Waals surface area (Å²) in [5.74, 6) is -15.9. The molecule has 3 rings (SSSR count). The van der Waals surface area contributed by atoms with Crippen molar-refractivity contribution >= 4 is 5.91 Å². The molecular weight excluding hydrogens is 449 g/mol. The van der Waals surface area contributed by atoms with Crippen LogP contribution in [0.4, 0.5) is 30.7 Å². The van der Waals surface area contributed by atoms with Crippen LogP contribution in [0.5, 0.6) is 0 Å². The van der Waals surface area contributed by atoms with E-state index in [1.54, 1.807) is 0 Å². The zero-order valence-corrected chi connectivity index (χ0v) is 16.0. The molecule has 0 radical (unpaired) electrons. The number of carbonyl (C=O) groups excluding carboxylic acids is 1. The lowest BCUT2D eigenvalue weighted by molar-refractivity contribution is -0.0187. The number of hydrogen-bond acceptors (Lipinski definition) is 4. The van der Waals surface area contributed by atoms with Crippen LogP contribution in [0.15, 0.2) is 30.9 Å². The van der Waals surface area contributed by atoms with Crippen molar-refractivity contribution in [1.82, 2.24) is 20.1 Å². The average molecular weight is 462 g/mol. The van der Waals surface area contributed by atoms with Gasteiger partial charge in [0.15, 0.2) is 23.3 Å². The molecule has 1 heterocycles. The fraction of sp³-hybridized carbons (Fsp3) is 0.211. The molecule has 2 atom stereocenters. The maximum absolute atomic E-state index is 14.5. The first-order valence-corrected chi connectivity index (χ1v) is 8.80. The Labute approximate surface area is 175 Å². The van der Waals surface area contributed by atoms with Crippen LogP contribution < -0.4 is 5.32 Å². The Kier molecular flexibility index (Phi) is 6.21. The molecule has 2 aromatic carbocycles. The van der Waals surface area contributed by atoms with E-state index < -0.39 is 75.9 Å². The lowest BCUT2D eigenvalue weighted by atomic mass is 9.86. The normalized spacial score (nSPS) is 14.2. The Morgan fingerprint density at radius 2 is 1.66 bits per heavy atom. The highest BCUT2D eigenvalue weighted by Crippen LogP contribution is 2.31. The monoisotopic (exact) mass is 462 g/mol. The van der Waals surface area contributed by atoms with Crippen molar-refractivity contribution in [3.8, 4) is 0 Å². The molecule has 0 unspecified atom stereocenters. The molecule has 2 N–H and O–H groups in total. The number of hydrogen-bond donors (Lipinski definition) is 2. The zero-order valence-electron chi connectivity index (χ0n) is 16.0. The van der Waals surface area contributed by atoms with E-state index in [2.05, 4.69) is 10.1 Å². The number of aliphatic hydroxyl groups is 1. The molecule has 0 fully saturated rings. The first kappa shape index (κ1) is 23.2. The molecule has 1 aromatic heterocycles. The molecule has 3 aromatic rings. The van der Waals surface area contributed by atoms with E-state index in [0.717, 1.165) is 36.4 Å². The van der Waals surface area contributed by atoms with Crippen LogP contribution in [-0.4, -0.2) is 31.8 Å². The Morgan fingerprint density at radius 3 is 2.19 bits per heavy atom. The maximum Gasteiger partial charge on any atom is 0.257 e. The Morgan fingerprint density at radius 1 is 1.06 bits per heavy atom. The summed E-state index contributed by atoms with van der Waals surface area (Å²) in [5.41, 5.74) is -4.76. The summed E-state index contributed by atoms with van der Waals surface area (Å²) in [6.07, 6.45) is 2.19. The first-order valence-electron chi connectivity index (χ1n) is 8.80. The Bertz CT molecular complexity index is 1140. The van der Waals surface area contributed by atoms with Crippen LogP contribution in [-0.2, 0) is 12.1 Å². The predicted octanol–water partition coefficient (Wildman–Crippen LogP) is 2.96. The number of carbonyl (C=O) groups is 1. The van der Waals surface area contributed by atoms with Crippen molar-refractivity contribution in [2.75, 3.05) is 0 Å². The molecule has 0 aliphatic carbocycles. The minimum absolute atomic E-state index is 0.445. The number of nitrogens with zero attached hydrogens (tertiary/aromatic N) is 3. The molecule has 0 bridgehead atoms. The van der Waals surface area contributed by atoms with Crippen LogP contribution in [0.25, 0.3) is 0 Å². The number of rotatable bonds is 6. The summed E-state index contributed by atoms with van der Waals surface area (Å²) in [4.78, 5) is 16.0. The maximum atomic E-state index is 14.5. The van der Waals surface area contributed by atoms with Gasteiger partial charge in [-0.3, -0.25) is 4.79 Å². The minimum Gasteiger partial charge on any atom is -0.381 e. The van der Waals surface area contributed by atoms with E-state index in [1.807, 2.05) is 5.32 Å². The summed E-state index contributed by atoms with van der Waals surface area (Å²) < 4.78 is 96.9. The quantitative estimate of drug-likeness (QED) is 0.336. The van der Waals surface area contributed by atoms with Gasteiger partial charge in [0.25, 0.3) is 5.91 Å². The van der Waals surface area contributed by atoms with Gasteiger partial charge in [-0.25, -0.2) is 40.4 Å². The van der Waals surface area contributed by atoms with Gasteiger partial charge in [0, 0.05) is 11.6 Å². The van der Waals surface area contributed by atoms with Crippen molar-refractivity contribution < 1.29 is 40.6 Å². The van der Waals surface area contributed by atoms with E-state index in [9.17, 15) is 40.6 Å². The summed E-state index contributed by atoms with van der Waals surface area (Å²) in [6.45, 7) is 0.484. The zero-order chi connectivity index (χ0) is 23.8. The first-order chi connectivity index (χ1) is 15.0. The molecule has 0 spiro atoms. The third kappa shape index (κ3) is 4.02. The van der Waals surface area contributed by atoms with E-state index in [0.29, 0.717) is 6.07 Å². The van der Waals surface area contributed by atoms with Crippen molar-refractivity contribution in [2.45, 2.75) is 25.1 Å². The van der Waals surface area contributed by atoms with Crippen LogP contribution in [0.3, 0.4) is 0 Å². The van der Waals surface area contributed by atoms with Crippen LogP contribution >= 0.6 is 0 Å². The molecule has 6 nitrogen and oxygen atoms in total.